The fraction of sp³-hybridized carbons (Fsp3) is 0. The minimum absolute atomic E-state index is 0.560. The molecule has 2 aromatic rings. The molecular weight excluding hydrogens is 291 g/mol. The van der Waals surface area contributed by atoms with Gasteiger partial charge in [-0.3, -0.25) is 0 Å². The van der Waals surface area contributed by atoms with Gasteiger partial charge in [0.05, 0.1) is 11.0 Å². The highest BCUT2D eigenvalue weighted by Gasteiger charge is 2.04. The number of hydrogen-bond donors (Lipinski definition) is 1. The molecule has 0 aliphatic carbocycles. The number of aromatic nitrogens is 2. The summed E-state index contributed by atoms with van der Waals surface area (Å²) < 4.78 is 14.3. The number of benzene rings is 1. The maximum atomic E-state index is 12.6. The minimum atomic E-state index is -0.560. The third-order valence-corrected chi connectivity index (χ3v) is 3.34. The molecule has 1 heterocycles. The van der Waals surface area contributed by atoms with Gasteiger partial charge in [0, 0.05) is 8.95 Å². The molecule has 0 radical (unpaired) electrons. The van der Waals surface area contributed by atoms with Crippen molar-refractivity contribution in [3.05, 3.63) is 27.2 Å². The molecule has 0 aliphatic heterocycles. The number of halogens is 3. The maximum absolute atomic E-state index is 12.6. The second-order valence-corrected chi connectivity index (χ2v) is 4.02. The summed E-state index contributed by atoms with van der Waals surface area (Å²) >= 11 is 6.61. The van der Waals surface area contributed by atoms with Crippen molar-refractivity contribution in [2.75, 3.05) is 0 Å². The molecule has 62 valence electrons. The Hall–Kier alpha value is -0.420. The van der Waals surface area contributed by atoms with Crippen LogP contribution in [0.1, 0.15) is 0 Å². The van der Waals surface area contributed by atoms with Gasteiger partial charge in [-0.15, -0.1) is 0 Å². The molecule has 5 heteroatoms. The lowest BCUT2D eigenvalue weighted by Crippen LogP contribution is -1.71. The van der Waals surface area contributed by atoms with Gasteiger partial charge in [-0.05, 0) is 44.0 Å². The molecule has 2 nitrogen and oxygen atoms in total. The summed E-state index contributed by atoms with van der Waals surface area (Å²) in [4.78, 5) is 6.14. The average Bonchev–Trinajstić information content (AvgIpc) is 2.30. The zero-order valence-corrected chi connectivity index (χ0v) is 8.91. The van der Waals surface area contributed by atoms with Crippen LogP contribution in [0.5, 0.6) is 0 Å². The van der Waals surface area contributed by atoms with Gasteiger partial charge in [0.1, 0.15) is 0 Å². The van der Waals surface area contributed by atoms with Crippen molar-refractivity contribution in [3.63, 3.8) is 0 Å². The van der Waals surface area contributed by atoms with Gasteiger partial charge in [-0.25, -0.2) is 4.98 Å². The summed E-state index contributed by atoms with van der Waals surface area (Å²) in [6, 6.07) is 3.52. The molecule has 0 unspecified atom stereocenters. The van der Waals surface area contributed by atoms with E-state index in [2.05, 4.69) is 41.8 Å². The normalized spacial score (nSPS) is 10.9. The number of fused-ring (bicyclic) bond motifs is 1. The van der Waals surface area contributed by atoms with Crippen LogP contribution in [0.15, 0.2) is 21.1 Å². The second-order valence-electron chi connectivity index (χ2n) is 2.31. The van der Waals surface area contributed by atoms with Crippen molar-refractivity contribution >= 4 is 42.9 Å². The van der Waals surface area contributed by atoms with Crippen LogP contribution >= 0.6 is 31.9 Å². The Morgan fingerprint density at radius 3 is 2.67 bits per heavy atom. The lowest BCUT2D eigenvalue weighted by atomic mass is 10.3. The third-order valence-electron chi connectivity index (χ3n) is 1.50. The van der Waals surface area contributed by atoms with E-state index in [4.69, 9.17) is 0 Å². The minimum Gasteiger partial charge on any atom is -0.314 e. The van der Waals surface area contributed by atoms with Gasteiger partial charge in [0.15, 0.2) is 0 Å². The quantitative estimate of drug-likeness (QED) is 0.794. The fourth-order valence-corrected chi connectivity index (χ4v) is 1.65. The van der Waals surface area contributed by atoms with Crippen LogP contribution in [-0.4, -0.2) is 9.97 Å². The Labute approximate surface area is 84.4 Å². The SMILES string of the molecule is Fc1nc2cc(Br)c(Br)cc2[nH]1. The number of H-pyrrole nitrogens is 1. The molecule has 0 atom stereocenters. The van der Waals surface area contributed by atoms with Crippen molar-refractivity contribution in [2.24, 2.45) is 0 Å². The summed E-state index contributed by atoms with van der Waals surface area (Å²) in [5.74, 6) is 0. The molecule has 0 saturated heterocycles. The van der Waals surface area contributed by atoms with Crippen LogP contribution in [-0.2, 0) is 0 Å². The van der Waals surface area contributed by atoms with E-state index < -0.39 is 6.08 Å². The van der Waals surface area contributed by atoms with E-state index in [1.165, 1.54) is 0 Å². The monoisotopic (exact) mass is 292 g/mol. The van der Waals surface area contributed by atoms with Gasteiger partial charge >= 0.3 is 0 Å². The Morgan fingerprint density at radius 1 is 1.25 bits per heavy atom. The molecule has 0 aliphatic rings. The number of nitrogens with zero attached hydrogens (tertiary/aromatic N) is 1. The molecule has 0 amide bonds. The number of aromatic amines is 1. The second kappa shape index (κ2) is 2.81. The fourth-order valence-electron chi connectivity index (χ4n) is 0.974. The molecule has 0 bridgehead atoms. The van der Waals surface area contributed by atoms with Crippen molar-refractivity contribution in [2.45, 2.75) is 0 Å². The lowest BCUT2D eigenvalue weighted by Gasteiger charge is -1.93. The van der Waals surface area contributed by atoms with E-state index in [0.29, 0.717) is 11.0 Å². The highest BCUT2D eigenvalue weighted by Crippen LogP contribution is 2.27. The average molecular weight is 294 g/mol. The molecule has 0 spiro atoms. The topological polar surface area (TPSA) is 28.7 Å². The largest absolute Gasteiger partial charge is 0.314 e. The van der Waals surface area contributed by atoms with E-state index in [9.17, 15) is 4.39 Å². The van der Waals surface area contributed by atoms with Crippen LogP contribution < -0.4 is 0 Å². The molecule has 2 rings (SSSR count). The number of rotatable bonds is 0. The maximum Gasteiger partial charge on any atom is 0.287 e. The molecular formula is C7H3Br2FN2. The van der Waals surface area contributed by atoms with Crippen LogP contribution in [0.25, 0.3) is 11.0 Å². The van der Waals surface area contributed by atoms with Crippen LogP contribution in [0.4, 0.5) is 4.39 Å². The summed E-state index contributed by atoms with van der Waals surface area (Å²) in [7, 11) is 0. The Balaban J connectivity index is 2.83. The zero-order valence-electron chi connectivity index (χ0n) is 5.74. The van der Waals surface area contributed by atoms with Gasteiger partial charge in [-0.2, -0.15) is 4.39 Å². The molecule has 0 fully saturated rings. The number of imidazole rings is 1. The first-order valence-corrected chi connectivity index (χ1v) is 4.75. The Morgan fingerprint density at radius 2 is 1.92 bits per heavy atom. The molecule has 1 aromatic heterocycles. The predicted molar refractivity (Wildman–Crippen MR) is 51.5 cm³/mol. The van der Waals surface area contributed by atoms with Crippen molar-refractivity contribution in [3.8, 4) is 0 Å². The van der Waals surface area contributed by atoms with Crippen LogP contribution in [0.2, 0.25) is 0 Å². The predicted octanol–water partition coefficient (Wildman–Crippen LogP) is 3.23. The van der Waals surface area contributed by atoms with Crippen molar-refractivity contribution in [1.29, 1.82) is 0 Å². The van der Waals surface area contributed by atoms with E-state index in [0.717, 1.165) is 8.95 Å². The van der Waals surface area contributed by atoms with E-state index in [1.54, 1.807) is 12.1 Å². The van der Waals surface area contributed by atoms with Crippen LogP contribution in [0.3, 0.4) is 0 Å². The highest BCUT2D eigenvalue weighted by molar-refractivity contribution is 9.13. The zero-order chi connectivity index (χ0) is 8.72. The van der Waals surface area contributed by atoms with Crippen LogP contribution in [0, 0.1) is 6.08 Å². The van der Waals surface area contributed by atoms with Gasteiger partial charge in [0.25, 0.3) is 6.08 Å². The molecule has 0 saturated carbocycles. The summed E-state index contributed by atoms with van der Waals surface area (Å²) in [6.07, 6.45) is -0.560. The van der Waals surface area contributed by atoms with E-state index in [-0.39, 0.29) is 0 Å². The smallest absolute Gasteiger partial charge is 0.287 e. The first-order valence-electron chi connectivity index (χ1n) is 3.17. The summed E-state index contributed by atoms with van der Waals surface area (Å²) in [5, 5.41) is 0. The first-order chi connectivity index (χ1) is 5.66. The standard InChI is InChI=1S/C7H3Br2FN2/c8-3-1-5-6(2-4(3)9)12-7(10)11-5/h1-2H,(H,11,12). The first kappa shape index (κ1) is 8.19. The third kappa shape index (κ3) is 1.27. The summed E-state index contributed by atoms with van der Waals surface area (Å²) in [6.45, 7) is 0. The Kier molecular flexibility index (Phi) is 1.92. The molecule has 1 N–H and O–H groups in total. The number of nitrogens with one attached hydrogen (secondary N) is 1. The molecule has 1 aromatic carbocycles. The van der Waals surface area contributed by atoms with Crippen molar-refractivity contribution in [1.82, 2.24) is 9.97 Å². The molecule has 12 heavy (non-hydrogen) atoms. The van der Waals surface area contributed by atoms with Gasteiger partial charge < -0.3 is 4.98 Å². The van der Waals surface area contributed by atoms with E-state index >= 15 is 0 Å². The van der Waals surface area contributed by atoms with Gasteiger partial charge in [0.2, 0.25) is 0 Å². The summed E-state index contributed by atoms with van der Waals surface area (Å²) in [5.41, 5.74) is 1.30. The highest BCUT2D eigenvalue weighted by atomic mass is 79.9. The Bertz CT molecular complexity index is 399. The number of hydrogen-bond acceptors (Lipinski definition) is 1. The van der Waals surface area contributed by atoms with E-state index in [1.807, 2.05) is 0 Å². The van der Waals surface area contributed by atoms with Crippen molar-refractivity contribution < 1.29 is 4.39 Å². The lowest BCUT2D eigenvalue weighted by molar-refractivity contribution is 0.556. The van der Waals surface area contributed by atoms with Gasteiger partial charge in [-0.1, -0.05) is 0 Å².